The predicted molar refractivity (Wildman–Crippen MR) is 49.3 cm³/mol. The average molecular weight is 167 g/mol. The summed E-state index contributed by atoms with van der Waals surface area (Å²) in [5.41, 5.74) is 0.932. The lowest BCUT2D eigenvalue weighted by molar-refractivity contribution is -0.419. The lowest BCUT2D eigenvalue weighted by Gasteiger charge is -1.91. The molecular weight excluding hydrogens is 154 g/mol. The highest BCUT2D eigenvalue weighted by Crippen LogP contribution is 2.04. The number of hydrogen-bond acceptors (Lipinski definition) is 2. The van der Waals surface area contributed by atoms with Gasteiger partial charge < -0.3 is 0 Å². The molecule has 0 saturated carbocycles. The lowest BCUT2D eigenvalue weighted by Crippen LogP contribution is -1.95. The van der Waals surface area contributed by atoms with Crippen LogP contribution in [0.25, 0.3) is 0 Å². The van der Waals surface area contributed by atoms with Crippen LogP contribution in [0.2, 0.25) is 0 Å². The SMILES string of the molecule is C=C/C(C)=C\C(=C/CC)[N+](=O)[O-]. The number of hydrogen-bond donors (Lipinski definition) is 0. The normalized spacial score (nSPS) is 12.8. The van der Waals surface area contributed by atoms with Crippen LogP contribution < -0.4 is 0 Å². The topological polar surface area (TPSA) is 43.1 Å². The second-order valence-corrected chi connectivity index (χ2v) is 2.39. The molecule has 0 atom stereocenters. The maximum atomic E-state index is 10.4. The molecule has 0 aromatic rings. The molecule has 0 heterocycles. The molecule has 66 valence electrons. The van der Waals surface area contributed by atoms with Gasteiger partial charge in [-0.25, -0.2) is 0 Å². The number of nitro groups is 1. The van der Waals surface area contributed by atoms with E-state index in [1.165, 1.54) is 6.08 Å². The molecule has 0 N–H and O–H groups in total. The van der Waals surface area contributed by atoms with Crippen molar-refractivity contribution in [2.45, 2.75) is 20.3 Å². The maximum absolute atomic E-state index is 10.4. The van der Waals surface area contributed by atoms with Crippen molar-refractivity contribution in [2.24, 2.45) is 0 Å². The Kier molecular flexibility index (Phi) is 4.69. The molecule has 0 unspecified atom stereocenters. The van der Waals surface area contributed by atoms with Crippen LogP contribution in [-0.2, 0) is 0 Å². The first-order valence-corrected chi connectivity index (χ1v) is 3.77. The fraction of sp³-hybridized carbons (Fsp3) is 0.333. The minimum absolute atomic E-state index is 0.134. The minimum atomic E-state index is -0.392. The van der Waals surface area contributed by atoms with E-state index in [9.17, 15) is 10.1 Å². The van der Waals surface area contributed by atoms with Crippen molar-refractivity contribution < 1.29 is 4.92 Å². The maximum Gasteiger partial charge on any atom is 0.265 e. The summed E-state index contributed by atoms with van der Waals surface area (Å²) in [6.45, 7) is 7.15. The van der Waals surface area contributed by atoms with Gasteiger partial charge in [-0.15, -0.1) is 0 Å². The zero-order valence-electron chi connectivity index (χ0n) is 7.41. The monoisotopic (exact) mass is 167 g/mol. The summed E-state index contributed by atoms with van der Waals surface area (Å²) in [5, 5.41) is 10.4. The average Bonchev–Trinajstić information content (AvgIpc) is 2.03. The Morgan fingerprint density at radius 2 is 2.25 bits per heavy atom. The number of nitrogens with zero attached hydrogens (tertiary/aromatic N) is 1. The number of rotatable bonds is 4. The summed E-state index contributed by atoms with van der Waals surface area (Å²) < 4.78 is 0. The third-order valence-corrected chi connectivity index (χ3v) is 1.32. The van der Waals surface area contributed by atoms with Gasteiger partial charge in [0.2, 0.25) is 0 Å². The van der Waals surface area contributed by atoms with Crippen molar-refractivity contribution in [3.8, 4) is 0 Å². The van der Waals surface area contributed by atoms with E-state index in [1.54, 1.807) is 19.1 Å². The van der Waals surface area contributed by atoms with Gasteiger partial charge in [-0.05, 0) is 25.0 Å². The zero-order valence-corrected chi connectivity index (χ0v) is 7.41. The van der Waals surface area contributed by atoms with Crippen LogP contribution in [0.1, 0.15) is 20.3 Å². The molecule has 3 heteroatoms. The van der Waals surface area contributed by atoms with Gasteiger partial charge in [0.25, 0.3) is 5.70 Å². The summed E-state index contributed by atoms with van der Waals surface area (Å²) in [6.07, 6.45) is 5.34. The third kappa shape index (κ3) is 3.71. The van der Waals surface area contributed by atoms with Gasteiger partial charge in [-0.3, -0.25) is 10.1 Å². The fourth-order valence-corrected chi connectivity index (χ4v) is 0.687. The molecule has 0 aliphatic carbocycles. The fourth-order valence-electron chi connectivity index (χ4n) is 0.687. The van der Waals surface area contributed by atoms with Crippen LogP contribution in [0, 0.1) is 10.1 Å². The standard InChI is InChI=1S/C9H13NO2/c1-4-6-9(10(11)12)7-8(3)5-2/h5-7H,2,4H2,1,3H3/b8-7-,9-6+. The highest BCUT2D eigenvalue weighted by Gasteiger charge is 2.04. The molecule has 0 bridgehead atoms. The van der Waals surface area contributed by atoms with Gasteiger partial charge in [0.1, 0.15) is 0 Å². The van der Waals surface area contributed by atoms with Crippen molar-refractivity contribution in [2.75, 3.05) is 0 Å². The van der Waals surface area contributed by atoms with E-state index in [0.717, 1.165) is 5.57 Å². The first-order valence-electron chi connectivity index (χ1n) is 3.77. The second kappa shape index (κ2) is 5.29. The van der Waals surface area contributed by atoms with E-state index in [0.29, 0.717) is 6.42 Å². The Balaban J connectivity index is 4.66. The largest absolute Gasteiger partial charge is 0.265 e. The van der Waals surface area contributed by atoms with Gasteiger partial charge in [-0.1, -0.05) is 19.6 Å². The van der Waals surface area contributed by atoms with Crippen LogP contribution in [0.3, 0.4) is 0 Å². The van der Waals surface area contributed by atoms with Crippen LogP contribution in [-0.4, -0.2) is 4.92 Å². The molecule has 0 aliphatic rings. The zero-order chi connectivity index (χ0) is 9.56. The van der Waals surface area contributed by atoms with Crippen molar-refractivity contribution in [1.82, 2.24) is 0 Å². The Morgan fingerprint density at radius 3 is 2.58 bits per heavy atom. The van der Waals surface area contributed by atoms with Gasteiger partial charge in [0, 0.05) is 6.08 Å². The smallest absolute Gasteiger partial charge is 0.258 e. The third-order valence-electron chi connectivity index (χ3n) is 1.32. The van der Waals surface area contributed by atoms with Crippen molar-refractivity contribution in [3.05, 3.63) is 46.2 Å². The number of allylic oxidation sites excluding steroid dienone is 4. The van der Waals surface area contributed by atoms with Crippen molar-refractivity contribution >= 4 is 0 Å². The Bertz CT molecular complexity index is 239. The molecule has 0 aromatic heterocycles. The van der Waals surface area contributed by atoms with Gasteiger partial charge in [-0.2, -0.15) is 0 Å². The Hall–Kier alpha value is -1.38. The summed E-state index contributed by atoms with van der Waals surface area (Å²) in [6, 6.07) is 0. The quantitative estimate of drug-likeness (QED) is 0.367. The Morgan fingerprint density at radius 1 is 1.67 bits per heavy atom. The van der Waals surface area contributed by atoms with E-state index in [1.807, 2.05) is 6.92 Å². The molecule has 0 rings (SSSR count). The van der Waals surface area contributed by atoms with Crippen LogP contribution in [0.5, 0.6) is 0 Å². The van der Waals surface area contributed by atoms with Crippen molar-refractivity contribution in [3.63, 3.8) is 0 Å². The Labute approximate surface area is 72.2 Å². The van der Waals surface area contributed by atoms with E-state index in [2.05, 4.69) is 6.58 Å². The molecule has 0 saturated heterocycles. The second-order valence-electron chi connectivity index (χ2n) is 2.39. The van der Waals surface area contributed by atoms with Crippen LogP contribution in [0.4, 0.5) is 0 Å². The van der Waals surface area contributed by atoms with Crippen LogP contribution >= 0.6 is 0 Å². The van der Waals surface area contributed by atoms with Gasteiger partial charge in [0.15, 0.2) is 0 Å². The summed E-state index contributed by atoms with van der Waals surface area (Å²) in [7, 11) is 0. The predicted octanol–water partition coefficient (Wildman–Crippen LogP) is 2.69. The van der Waals surface area contributed by atoms with Crippen molar-refractivity contribution in [1.29, 1.82) is 0 Å². The first kappa shape index (κ1) is 10.6. The van der Waals surface area contributed by atoms with E-state index < -0.39 is 4.92 Å². The minimum Gasteiger partial charge on any atom is -0.258 e. The molecule has 12 heavy (non-hydrogen) atoms. The molecule has 0 amide bonds. The van der Waals surface area contributed by atoms with E-state index in [4.69, 9.17) is 0 Å². The summed E-state index contributed by atoms with van der Waals surface area (Å²) in [5.74, 6) is 0. The molecule has 0 radical (unpaired) electrons. The summed E-state index contributed by atoms with van der Waals surface area (Å²) in [4.78, 5) is 10.0. The van der Waals surface area contributed by atoms with Gasteiger partial charge >= 0.3 is 0 Å². The van der Waals surface area contributed by atoms with E-state index >= 15 is 0 Å². The molecular formula is C9H13NO2. The lowest BCUT2D eigenvalue weighted by atomic mass is 10.2. The summed E-state index contributed by atoms with van der Waals surface area (Å²) >= 11 is 0. The molecule has 0 aliphatic heterocycles. The molecule has 0 spiro atoms. The van der Waals surface area contributed by atoms with Crippen LogP contribution in [0.15, 0.2) is 36.1 Å². The van der Waals surface area contributed by atoms with Gasteiger partial charge in [0.05, 0.1) is 4.92 Å². The highest BCUT2D eigenvalue weighted by atomic mass is 16.6. The molecule has 3 nitrogen and oxygen atoms in total. The highest BCUT2D eigenvalue weighted by molar-refractivity contribution is 5.23. The molecule has 0 aromatic carbocycles. The van der Waals surface area contributed by atoms with E-state index in [-0.39, 0.29) is 5.70 Å². The molecule has 0 fully saturated rings. The first-order chi connectivity index (χ1) is 5.61.